The van der Waals surface area contributed by atoms with Crippen molar-refractivity contribution in [1.82, 2.24) is 4.90 Å². The number of para-hydroxylation sites is 1. The topological polar surface area (TPSA) is 32.3 Å². The highest BCUT2D eigenvalue weighted by Gasteiger charge is 2.22. The van der Waals surface area contributed by atoms with Gasteiger partial charge in [0.25, 0.3) is 0 Å². The van der Waals surface area contributed by atoms with Crippen LogP contribution in [0.25, 0.3) is 0 Å². The van der Waals surface area contributed by atoms with E-state index in [9.17, 15) is 4.21 Å². The van der Waals surface area contributed by atoms with Gasteiger partial charge in [-0.3, -0.25) is 4.21 Å². The number of anilines is 1. The Labute approximate surface area is 111 Å². The van der Waals surface area contributed by atoms with Crippen LogP contribution in [0.5, 0.6) is 0 Å². The lowest BCUT2D eigenvalue weighted by molar-refractivity contribution is 0.251. The Morgan fingerprint density at radius 1 is 1.28 bits per heavy atom. The molecule has 18 heavy (non-hydrogen) atoms. The van der Waals surface area contributed by atoms with Crippen molar-refractivity contribution < 1.29 is 4.21 Å². The van der Waals surface area contributed by atoms with Gasteiger partial charge in [-0.1, -0.05) is 18.2 Å². The molecule has 0 aromatic heterocycles. The molecular formula is C14H20N2OS. The lowest BCUT2D eigenvalue weighted by Crippen LogP contribution is -2.42. The van der Waals surface area contributed by atoms with Crippen LogP contribution in [0.4, 0.5) is 5.69 Å². The molecule has 1 saturated heterocycles. The highest BCUT2D eigenvalue weighted by Crippen LogP contribution is 2.24. The van der Waals surface area contributed by atoms with E-state index in [0.29, 0.717) is 5.92 Å². The SMILES string of the molecule is O=S1CCN(CC2CNc3ccccc3C2)CC1. The summed E-state index contributed by atoms with van der Waals surface area (Å²) < 4.78 is 11.3. The Bertz CT molecular complexity index is 439. The van der Waals surface area contributed by atoms with E-state index >= 15 is 0 Å². The molecule has 1 atom stereocenters. The van der Waals surface area contributed by atoms with E-state index < -0.39 is 10.8 Å². The lowest BCUT2D eigenvalue weighted by atomic mass is 9.93. The van der Waals surface area contributed by atoms with Crippen LogP contribution in [0, 0.1) is 5.92 Å². The van der Waals surface area contributed by atoms with Gasteiger partial charge in [0, 0.05) is 54.2 Å². The van der Waals surface area contributed by atoms with Crippen LogP contribution < -0.4 is 5.32 Å². The molecule has 1 unspecified atom stereocenters. The predicted molar refractivity (Wildman–Crippen MR) is 76.4 cm³/mol. The second-order valence-electron chi connectivity index (χ2n) is 5.26. The molecule has 0 aliphatic carbocycles. The lowest BCUT2D eigenvalue weighted by Gasteiger charge is -2.33. The van der Waals surface area contributed by atoms with Gasteiger partial charge < -0.3 is 10.2 Å². The number of fused-ring (bicyclic) bond motifs is 1. The summed E-state index contributed by atoms with van der Waals surface area (Å²) in [7, 11) is -0.561. The van der Waals surface area contributed by atoms with Gasteiger partial charge in [0.05, 0.1) is 0 Å². The molecule has 1 N–H and O–H groups in total. The highest BCUT2D eigenvalue weighted by atomic mass is 32.2. The zero-order valence-corrected chi connectivity index (χ0v) is 11.4. The van der Waals surface area contributed by atoms with Crippen molar-refractivity contribution in [1.29, 1.82) is 0 Å². The third-order valence-electron chi connectivity index (χ3n) is 3.89. The van der Waals surface area contributed by atoms with Gasteiger partial charge in [0.15, 0.2) is 0 Å². The molecule has 0 spiro atoms. The predicted octanol–water partition coefficient (Wildman–Crippen LogP) is 1.34. The quantitative estimate of drug-likeness (QED) is 0.875. The molecule has 0 radical (unpaired) electrons. The first-order chi connectivity index (χ1) is 8.81. The Morgan fingerprint density at radius 3 is 2.89 bits per heavy atom. The Balaban J connectivity index is 1.58. The van der Waals surface area contributed by atoms with Crippen LogP contribution in [0.15, 0.2) is 24.3 Å². The first-order valence-corrected chi connectivity index (χ1v) is 8.19. The van der Waals surface area contributed by atoms with Crippen LogP contribution in [-0.4, -0.2) is 46.8 Å². The monoisotopic (exact) mass is 264 g/mol. The first-order valence-electron chi connectivity index (χ1n) is 6.70. The van der Waals surface area contributed by atoms with Gasteiger partial charge >= 0.3 is 0 Å². The summed E-state index contributed by atoms with van der Waals surface area (Å²) in [6.45, 7) is 4.21. The van der Waals surface area contributed by atoms with Gasteiger partial charge in [0.2, 0.25) is 0 Å². The smallest absolute Gasteiger partial charge is 0.0372 e. The van der Waals surface area contributed by atoms with Gasteiger partial charge in [-0.2, -0.15) is 0 Å². The number of benzene rings is 1. The van der Waals surface area contributed by atoms with Crippen LogP contribution in [0.1, 0.15) is 5.56 Å². The summed E-state index contributed by atoms with van der Waals surface area (Å²) in [6, 6.07) is 8.59. The number of nitrogens with zero attached hydrogens (tertiary/aromatic N) is 1. The van der Waals surface area contributed by atoms with Crippen LogP contribution in [0.2, 0.25) is 0 Å². The fourth-order valence-corrected chi connectivity index (χ4v) is 3.99. The number of hydrogen-bond donors (Lipinski definition) is 1. The molecule has 3 nitrogen and oxygen atoms in total. The zero-order valence-electron chi connectivity index (χ0n) is 10.6. The summed E-state index contributed by atoms with van der Waals surface area (Å²) in [4.78, 5) is 2.47. The fourth-order valence-electron chi connectivity index (χ4n) is 2.86. The maximum Gasteiger partial charge on any atom is 0.0372 e. The maximum atomic E-state index is 11.3. The first kappa shape index (κ1) is 12.2. The molecule has 1 fully saturated rings. The van der Waals surface area contributed by atoms with Crippen LogP contribution >= 0.6 is 0 Å². The van der Waals surface area contributed by atoms with Gasteiger partial charge in [0.1, 0.15) is 0 Å². The van der Waals surface area contributed by atoms with Crippen molar-refractivity contribution in [3.05, 3.63) is 29.8 Å². The Kier molecular flexibility index (Phi) is 3.66. The summed E-state index contributed by atoms with van der Waals surface area (Å²) in [5.41, 5.74) is 2.74. The standard InChI is InChI=1S/C14H20N2OS/c17-18-7-5-16(6-8-18)11-12-9-13-3-1-2-4-14(13)15-10-12/h1-4,12,15H,5-11H2. The second kappa shape index (κ2) is 5.41. The van der Waals surface area contributed by atoms with Crippen molar-refractivity contribution in [2.75, 3.05) is 43.0 Å². The molecule has 1 aromatic rings. The van der Waals surface area contributed by atoms with E-state index in [-0.39, 0.29) is 0 Å². The highest BCUT2D eigenvalue weighted by molar-refractivity contribution is 7.85. The normalized spacial score (nSPS) is 25.4. The average molecular weight is 264 g/mol. The van der Waals surface area contributed by atoms with Crippen LogP contribution in [-0.2, 0) is 17.2 Å². The molecule has 3 rings (SSSR count). The summed E-state index contributed by atoms with van der Waals surface area (Å²) in [6.07, 6.45) is 1.17. The van der Waals surface area contributed by atoms with Crippen molar-refractivity contribution in [2.24, 2.45) is 5.92 Å². The summed E-state index contributed by atoms with van der Waals surface area (Å²) in [5, 5.41) is 3.52. The van der Waals surface area contributed by atoms with E-state index in [1.54, 1.807) is 0 Å². The third-order valence-corrected chi connectivity index (χ3v) is 5.17. The van der Waals surface area contributed by atoms with Crippen LogP contribution in [0.3, 0.4) is 0 Å². The zero-order chi connectivity index (χ0) is 12.4. The molecular weight excluding hydrogens is 244 g/mol. The van der Waals surface area contributed by atoms with Gasteiger partial charge in [-0.15, -0.1) is 0 Å². The molecule has 2 aliphatic rings. The largest absolute Gasteiger partial charge is 0.384 e. The maximum absolute atomic E-state index is 11.3. The number of nitrogens with one attached hydrogen (secondary N) is 1. The third kappa shape index (κ3) is 2.75. The van der Waals surface area contributed by atoms with Crippen molar-refractivity contribution >= 4 is 16.5 Å². The number of rotatable bonds is 2. The molecule has 2 heterocycles. The molecule has 0 saturated carbocycles. The molecule has 0 amide bonds. The van der Waals surface area contributed by atoms with Gasteiger partial charge in [-0.25, -0.2) is 0 Å². The summed E-state index contributed by atoms with van der Waals surface area (Å²) in [5.74, 6) is 2.40. The molecule has 4 heteroatoms. The van der Waals surface area contributed by atoms with E-state index in [1.807, 2.05) is 0 Å². The number of hydrogen-bond acceptors (Lipinski definition) is 3. The minimum Gasteiger partial charge on any atom is -0.384 e. The fraction of sp³-hybridized carbons (Fsp3) is 0.571. The van der Waals surface area contributed by atoms with Crippen molar-refractivity contribution in [3.63, 3.8) is 0 Å². The molecule has 98 valence electrons. The molecule has 0 bridgehead atoms. The average Bonchev–Trinajstić information content (AvgIpc) is 2.41. The van der Waals surface area contributed by atoms with E-state index in [2.05, 4.69) is 34.5 Å². The Hall–Kier alpha value is -0.870. The molecule has 1 aromatic carbocycles. The van der Waals surface area contributed by atoms with E-state index in [0.717, 1.165) is 37.7 Å². The van der Waals surface area contributed by atoms with Crippen molar-refractivity contribution in [3.8, 4) is 0 Å². The minimum atomic E-state index is -0.561. The molecule has 2 aliphatic heterocycles. The van der Waals surface area contributed by atoms with Gasteiger partial charge in [-0.05, 0) is 24.0 Å². The van der Waals surface area contributed by atoms with Crippen molar-refractivity contribution in [2.45, 2.75) is 6.42 Å². The minimum absolute atomic E-state index is 0.561. The van der Waals surface area contributed by atoms with E-state index in [4.69, 9.17) is 0 Å². The second-order valence-corrected chi connectivity index (χ2v) is 6.95. The van der Waals surface area contributed by atoms with E-state index in [1.165, 1.54) is 17.7 Å². The Morgan fingerprint density at radius 2 is 2.06 bits per heavy atom. The summed E-state index contributed by atoms with van der Waals surface area (Å²) >= 11 is 0.